The average molecular weight is 371 g/mol. The maximum Gasteiger partial charge on any atom is 0.248 e. The summed E-state index contributed by atoms with van der Waals surface area (Å²) in [6, 6.07) is 9.65. The van der Waals surface area contributed by atoms with E-state index in [1.54, 1.807) is 11.1 Å². The Morgan fingerprint density at radius 3 is 3.00 bits per heavy atom. The minimum atomic E-state index is -0.182. The molecule has 2 amide bonds. The maximum atomic E-state index is 12.4. The summed E-state index contributed by atoms with van der Waals surface area (Å²) in [5.74, 6) is 0.418. The Kier molecular flexibility index (Phi) is 6.59. The third kappa shape index (κ3) is 4.95. The van der Waals surface area contributed by atoms with Gasteiger partial charge in [0.1, 0.15) is 24.5 Å². The highest BCUT2D eigenvalue weighted by Crippen LogP contribution is 2.22. The smallest absolute Gasteiger partial charge is 0.248 e. The lowest BCUT2D eigenvalue weighted by atomic mass is 9.97. The molecule has 7 heteroatoms. The topological polar surface area (TPSA) is 80.8 Å². The molecule has 0 radical (unpaired) electrons. The third-order valence-electron chi connectivity index (χ3n) is 4.67. The molecule has 0 saturated carbocycles. The number of amides is 2. The van der Waals surface area contributed by atoms with Crippen molar-refractivity contribution < 1.29 is 19.1 Å². The van der Waals surface area contributed by atoms with Crippen LogP contribution in [0.25, 0.3) is 10.9 Å². The molecule has 1 atom stereocenters. The van der Waals surface area contributed by atoms with Crippen molar-refractivity contribution in [3.63, 3.8) is 0 Å². The fourth-order valence-electron chi connectivity index (χ4n) is 3.30. The number of carbonyl (C=O) groups is 2. The number of hydrogen-bond acceptors (Lipinski definition) is 5. The van der Waals surface area contributed by atoms with E-state index < -0.39 is 0 Å². The van der Waals surface area contributed by atoms with E-state index >= 15 is 0 Å². The lowest BCUT2D eigenvalue weighted by Gasteiger charge is -2.31. The highest BCUT2D eigenvalue weighted by Gasteiger charge is 2.28. The van der Waals surface area contributed by atoms with Crippen LogP contribution in [0.1, 0.15) is 12.8 Å². The van der Waals surface area contributed by atoms with Gasteiger partial charge in [0.2, 0.25) is 11.8 Å². The van der Waals surface area contributed by atoms with Crippen LogP contribution >= 0.6 is 0 Å². The number of hydrogen-bond donors (Lipinski definition) is 1. The van der Waals surface area contributed by atoms with Crippen molar-refractivity contribution in [2.75, 3.05) is 40.0 Å². The van der Waals surface area contributed by atoms with Gasteiger partial charge in [0.25, 0.3) is 0 Å². The zero-order chi connectivity index (χ0) is 19.1. The van der Waals surface area contributed by atoms with Gasteiger partial charge in [0.15, 0.2) is 0 Å². The van der Waals surface area contributed by atoms with Gasteiger partial charge >= 0.3 is 0 Å². The molecule has 0 aliphatic carbocycles. The maximum absolute atomic E-state index is 12.4. The number of methoxy groups -OCH3 is 1. The van der Waals surface area contributed by atoms with Crippen LogP contribution in [-0.2, 0) is 14.3 Å². The summed E-state index contributed by atoms with van der Waals surface area (Å²) in [7, 11) is 1.50. The number of aromatic nitrogens is 1. The first kappa shape index (κ1) is 19.1. The van der Waals surface area contributed by atoms with Crippen LogP contribution in [0.5, 0.6) is 5.75 Å². The van der Waals surface area contributed by atoms with E-state index in [-0.39, 0.29) is 24.3 Å². The van der Waals surface area contributed by atoms with E-state index in [0.29, 0.717) is 32.0 Å². The van der Waals surface area contributed by atoms with Crippen LogP contribution < -0.4 is 10.1 Å². The number of carbonyl (C=O) groups excluding carboxylic acids is 2. The Bertz CT molecular complexity index is 790. The molecule has 1 fully saturated rings. The molecule has 7 nitrogen and oxygen atoms in total. The van der Waals surface area contributed by atoms with Crippen LogP contribution in [0.15, 0.2) is 36.5 Å². The molecule has 1 saturated heterocycles. The second kappa shape index (κ2) is 9.32. The van der Waals surface area contributed by atoms with E-state index in [1.807, 2.05) is 30.3 Å². The summed E-state index contributed by atoms with van der Waals surface area (Å²) in [6.07, 6.45) is 3.35. The first-order valence-electron chi connectivity index (χ1n) is 9.20. The third-order valence-corrected chi connectivity index (χ3v) is 4.67. The monoisotopic (exact) mass is 371 g/mol. The summed E-state index contributed by atoms with van der Waals surface area (Å²) >= 11 is 0. The van der Waals surface area contributed by atoms with Crippen molar-refractivity contribution in [1.29, 1.82) is 0 Å². The number of piperidine rings is 1. The molecule has 0 bridgehead atoms. The Hall–Kier alpha value is -2.67. The molecule has 144 valence electrons. The number of rotatable bonds is 7. The van der Waals surface area contributed by atoms with Crippen molar-refractivity contribution in [2.45, 2.75) is 12.8 Å². The zero-order valence-electron chi connectivity index (χ0n) is 15.5. The van der Waals surface area contributed by atoms with E-state index in [4.69, 9.17) is 9.47 Å². The molecule has 0 spiro atoms. The number of benzene rings is 1. The van der Waals surface area contributed by atoms with Gasteiger partial charge in [0, 0.05) is 31.8 Å². The minimum Gasteiger partial charge on any atom is -0.489 e. The van der Waals surface area contributed by atoms with Crippen molar-refractivity contribution in [1.82, 2.24) is 15.2 Å². The fourth-order valence-corrected chi connectivity index (χ4v) is 3.30. The molecule has 1 aromatic carbocycles. The Labute approximate surface area is 158 Å². The van der Waals surface area contributed by atoms with Crippen molar-refractivity contribution in [2.24, 2.45) is 5.92 Å². The van der Waals surface area contributed by atoms with Gasteiger partial charge < -0.3 is 19.7 Å². The summed E-state index contributed by atoms with van der Waals surface area (Å²) < 4.78 is 10.7. The van der Waals surface area contributed by atoms with Crippen LogP contribution in [-0.4, -0.2) is 61.7 Å². The predicted molar refractivity (Wildman–Crippen MR) is 101 cm³/mol. The molecule has 2 aromatic rings. The number of nitrogens with one attached hydrogen (secondary N) is 1. The lowest BCUT2D eigenvalue weighted by Crippen LogP contribution is -2.47. The molecule has 27 heavy (non-hydrogen) atoms. The van der Waals surface area contributed by atoms with E-state index in [1.165, 1.54) is 7.11 Å². The van der Waals surface area contributed by atoms with Gasteiger partial charge in [-0.05, 0) is 25.0 Å². The lowest BCUT2D eigenvalue weighted by molar-refractivity contribution is -0.138. The molecule has 1 N–H and O–H groups in total. The van der Waals surface area contributed by atoms with Crippen LogP contribution in [0.2, 0.25) is 0 Å². The SMILES string of the molecule is COCC(=O)N1CCCC(C(=O)NCCOc2cccc3cccnc23)C1. The molecule has 2 heterocycles. The van der Waals surface area contributed by atoms with Gasteiger partial charge in [0.05, 0.1) is 12.5 Å². The van der Waals surface area contributed by atoms with Crippen LogP contribution in [0, 0.1) is 5.92 Å². The quantitative estimate of drug-likeness (QED) is 0.748. The molecule has 1 aromatic heterocycles. The predicted octanol–water partition coefficient (Wildman–Crippen LogP) is 1.61. The van der Waals surface area contributed by atoms with Gasteiger partial charge in [-0.3, -0.25) is 14.6 Å². The van der Waals surface area contributed by atoms with E-state index in [9.17, 15) is 9.59 Å². The summed E-state index contributed by atoms with van der Waals surface area (Å²) in [4.78, 5) is 30.4. The number of likely N-dealkylation sites (tertiary alicyclic amines) is 1. The number of para-hydroxylation sites is 1. The van der Waals surface area contributed by atoms with E-state index in [2.05, 4.69) is 10.3 Å². The van der Waals surface area contributed by atoms with Crippen molar-refractivity contribution >= 4 is 22.7 Å². The van der Waals surface area contributed by atoms with Gasteiger partial charge in [-0.2, -0.15) is 0 Å². The highest BCUT2D eigenvalue weighted by molar-refractivity contribution is 5.84. The Morgan fingerprint density at radius 1 is 1.30 bits per heavy atom. The first-order chi connectivity index (χ1) is 13.2. The molecule has 1 aliphatic heterocycles. The van der Waals surface area contributed by atoms with Gasteiger partial charge in [-0.1, -0.05) is 18.2 Å². The molecule has 1 unspecified atom stereocenters. The van der Waals surface area contributed by atoms with Crippen molar-refractivity contribution in [3.8, 4) is 5.75 Å². The van der Waals surface area contributed by atoms with Crippen LogP contribution in [0.3, 0.4) is 0 Å². The zero-order valence-corrected chi connectivity index (χ0v) is 15.5. The summed E-state index contributed by atoms with van der Waals surface area (Å²) in [5, 5.41) is 3.92. The second-order valence-corrected chi connectivity index (χ2v) is 6.58. The standard InChI is InChI=1S/C20H25N3O4/c1-26-14-18(24)23-11-4-7-16(13-23)20(25)22-10-12-27-17-8-2-5-15-6-3-9-21-19(15)17/h2-3,5-6,8-9,16H,4,7,10-14H2,1H3,(H,22,25). The Morgan fingerprint density at radius 2 is 2.15 bits per heavy atom. The van der Waals surface area contributed by atoms with Gasteiger partial charge in [-0.15, -0.1) is 0 Å². The Balaban J connectivity index is 1.46. The molecule has 1 aliphatic rings. The summed E-state index contributed by atoms with van der Waals surface area (Å²) in [5.41, 5.74) is 0.811. The van der Waals surface area contributed by atoms with E-state index in [0.717, 1.165) is 23.7 Å². The minimum absolute atomic E-state index is 0.0374. The number of fused-ring (bicyclic) bond motifs is 1. The van der Waals surface area contributed by atoms with Crippen LogP contribution in [0.4, 0.5) is 0 Å². The van der Waals surface area contributed by atoms with Gasteiger partial charge in [-0.25, -0.2) is 0 Å². The normalized spacial score (nSPS) is 16.9. The molecular formula is C20H25N3O4. The number of ether oxygens (including phenoxy) is 2. The average Bonchev–Trinajstić information content (AvgIpc) is 2.71. The first-order valence-corrected chi connectivity index (χ1v) is 9.20. The number of pyridine rings is 1. The molecule has 3 rings (SSSR count). The number of nitrogens with zero attached hydrogens (tertiary/aromatic N) is 2. The summed E-state index contributed by atoms with van der Waals surface area (Å²) in [6.45, 7) is 1.96. The largest absolute Gasteiger partial charge is 0.489 e. The highest BCUT2D eigenvalue weighted by atomic mass is 16.5. The fraction of sp³-hybridized carbons (Fsp3) is 0.450. The van der Waals surface area contributed by atoms with Crippen molar-refractivity contribution in [3.05, 3.63) is 36.5 Å². The second-order valence-electron chi connectivity index (χ2n) is 6.58. The molecular weight excluding hydrogens is 346 g/mol.